The molecule has 0 unspecified atom stereocenters. The van der Waals surface area contributed by atoms with E-state index in [1.165, 1.54) is 38.8 Å². The standard InChI is InChI=1S/C17H32N2O2/c1-16(2,3)19-10-6-15(7-11-19)18-14-4-8-17(9-5-14)20-12-13-21-17/h14-15,18H,4-13H2,1-3H3. The van der Waals surface area contributed by atoms with Gasteiger partial charge in [-0.15, -0.1) is 0 Å². The zero-order valence-corrected chi connectivity index (χ0v) is 14.0. The highest BCUT2D eigenvalue weighted by molar-refractivity contribution is 4.90. The Balaban J connectivity index is 1.40. The van der Waals surface area contributed by atoms with E-state index >= 15 is 0 Å². The molecule has 1 aliphatic carbocycles. The molecule has 0 radical (unpaired) electrons. The smallest absolute Gasteiger partial charge is 0.168 e. The van der Waals surface area contributed by atoms with Crippen LogP contribution >= 0.6 is 0 Å². The summed E-state index contributed by atoms with van der Waals surface area (Å²) in [5, 5.41) is 3.90. The molecule has 2 aliphatic heterocycles. The van der Waals surface area contributed by atoms with Crippen molar-refractivity contribution in [2.75, 3.05) is 26.3 Å². The van der Waals surface area contributed by atoms with Gasteiger partial charge >= 0.3 is 0 Å². The van der Waals surface area contributed by atoms with Gasteiger partial charge in [0.2, 0.25) is 0 Å². The molecule has 4 heteroatoms. The maximum absolute atomic E-state index is 5.81. The van der Waals surface area contributed by atoms with E-state index in [1.54, 1.807) is 0 Å². The molecule has 122 valence electrons. The number of nitrogens with one attached hydrogen (secondary N) is 1. The molecule has 3 rings (SSSR count). The topological polar surface area (TPSA) is 33.7 Å². The number of rotatable bonds is 2. The van der Waals surface area contributed by atoms with E-state index in [0.29, 0.717) is 17.6 Å². The van der Waals surface area contributed by atoms with Crippen molar-refractivity contribution in [3.8, 4) is 0 Å². The van der Waals surface area contributed by atoms with Crippen molar-refractivity contribution in [3.05, 3.63) is 0 Å². The van der Waals surface area contributed by atoms with Crippen LogP contribution in [-0.4, -0.2) is 54.6 Å². The first-order chi connectivity index (χ1) is 9.97. The minimum absolute atomic E-state index is 0.215. The van der Waals surface area contributed by atoms with Crippen LogP contribution in [-0.2, 0) is 9.47 Å². The van der Waals surface area contributed by atoms with E-state index in [1.807, 2.05) is 0 Å². The number of nitrogens with zero attached hydrogens (tertiary/aromatic N) is 1. The highest BCUT2D eigenvalue weighted by atomic mass is 16.7. The quantitative estimate of drug-likeness (QED) is 0.849. The van der Waals surface area contributed by atoms with Gasteiger partial charge in [0.25, 0.3) is 0 Å². The molecule has 1 spiro atoms. The molecule has 4 nitrogen and oxygen atoms in total. The van der Waals surface area contributed by atoms with Crippen LogP contribution in [0.25, 0.3) is 0 Å². The first-order valence-corrected chi connectivity index (χ1v) is 8.76. The maximum atomic E-state index is 5.81. The SMILES string of the molecule is CC(C)(C)N1CCC(NC2CCC3(CC2)OCCO3)CC1. The number of hydrogen-bond donors (Lipinski definition) is 1. The van der Waals surface area contributed by atoms with Gasteiger partial charge in [0.15, 0.2) is 5.79 Å². The second-order valence-corrected chi connectivity index (χ2v) is 7.98. The Bertz CT molecular complexity index is 329. The van der Waals surface area contributed by atoms with Gasteiger partial charge in [0, 0.05) is 43.6 Å². The molecule has 2 saturated heterocycles. The van der Waals surface area contributed by atoms with Crippen LogP contribution in [0, 0.1) is 0 Å². The van der Waals surface area contributed by atoms with Crippen LogP contribution in [0.3, 0.4) is 0 Å². The molecule has 0 atom stereocenters. The Morgan fingerprint density at radius 3 is 1.95 bits per heavy atom. The molecule has 2 heterocycles. The Kier molecular flexibility index (Phi) is 4.60. The van der Waals surface area contributed by atoms with Crippen molar-refractivity contribution < 1.29 is 9.47 Å². The summed E-state index contributed by atoms with van der Waals surface area (Å²) < 4.78 is 11.6. The van der Waals surface area contributed by atoms with Crippen molar-refractivity contribution in [3.63, 3.8) is 0 Å². The number of piperidine rings is 1. The van der Waals surface area contributed by atoms with Crippen molar-refractivity contribution in [2.24, 2.45) is 0 Å². The monoisotopic (exact) mass is 296 g/mol. The molecule has 0 aromatic heterocycles. The van der Waals surface area contributed by atoms with E-state index in [9.17, 15) is 0 Å². The Morgan fingerprint density at radius 1 is 0.905 bits per heavy atom. The Labute approximate surface area is 129 Å². The van der Waals surface area contributed by atoms with Crippen LogP contribution < -0.4 is 5.32 Å². The second kappa shape index (κ2) is 6.15. The summed E-state index contributed by atoms with van der Waals surface area (Å²) in [5.41, 5.74) is 0.319. The van der Waals surface area contributed by atoms with Crippen molar-refractivity contribution in [2.45, 2.75) is 82.7 Å². The Morgan fingerprint density at radius 2 is 1.43 bits per heavy atom. The van der Waals surface area contributed by atoms with Gasteiger partial charge < -0.3 is 14.8 Å². The summed E-state index contributed by atoms with van der Waals surface area (Å²) in [7, 11) is 0. The minimum atomic E-state index is -0.215. The molecule has 0 amide bonds. The molecule has 0 bridgehead atoms. The normalized spacial score (nSPS) is 29.3. The number of ether oxygens (including phenoxy) is 2. The van der Waals surface area contributed by atoms with Gasteiger partial charge in [-0.25, -0.2) is 0 Å². The molecule has 21 heavy (non-hydrogen) atoms. The summed E-state index contributed by atoms with van der Waals surface area (Å²) in [6.07, 6.45) is 7.08. The van der Waals surface area contributed by atoms with Crippen molar-refractivity contribution in [1.82, 2.24) is 10.2 Å². The largest absolute Gasteiger partial charge is 0.348 e. The van der Waals surface area contributed by atoms with Crippen LogP contribution in [0.4, 0.5) is 0 Å². The lowest BCUT2D eigenvalue weighted by Crippen LogP contribution is -2.52. The molecule has 3 fully saturated rings. The predicted octanol–water partition coefficient (Wildman–Crippen LogP) is 2.52. The molecule has 0 aromatic carbocycles. The maximum Gasteiger partial charge on any atom is 0.168 e. The van der Waals surface area contributed by atoms with Gasteiger partial charge in [0.1, 0.15) is 0 Å². The summed E-state index contributed by atoms with van der Waals surface area (Å²) in [6.45, 7) is 11.0. The Hall–Kier alpha value is -0.160. The number of likely N-dealkylation sites (tertiary alicyclic amines) is 1. The molecule has 1 saturated carbocycles. The minimum Gasteiger partial charge on any atom is -0.348 e. The van der Waals surface area contributed by atoms with E-state index in [4.69, 9.17) is 9.47 Å². The first-order valence-electron chi connectivity index (χ1n) is 8.76. The lowest BCUT2D eigenvalue weighted by Gasteiger charge is -2.43. The third kappa shape index (κ3) is 3.79. The van der Waals surface area contributed by atoms with Gasteiger partial charge in [-0.05, 0) is 46.5 Å². The fourth-order valence-corrected chi connectivity index (χ4v) is 4.06. The highest BCUT2D eigenvalue weighted by Crippen LogP contribution is 2.36. The first kappa shape index (κ1) is 15.7. The third-order valence-corrected chi connectivity index (χ3v) is 5.48. The van der Waals surface area contributed by atoms with Gasteiger partial charge in [-0.2, -0.15) is 0 Å². The predicted molar refractivity (Wildman–Crippen MR) is 84.4 cm³/mol. The van der Waals surface area contributed by atoms with Crippen LogP contribution in [0.1, 0.15) is 59.3 Å². The van der Waals surface area contributed by atoms with Gasteiger partial charge in [-0.3, -0.25) is 4.90 Å². The lowest BCUT2D eigenvalue weighted by molar-refractivity contribution is -0.179. The van der Waals surface area contributed by atoms with E-state index in [-0.39, 0.29) is 5.79 Å². The molecular formula is C17H32N2O2. The van der Waals surface area contributed by atoms with E-state index < -0.39 is 0 Å². The van der Waals surface area contributed by atoms with E-state index in [2.05, 4.69) is 31.0 Å². The van der Waals surface area contributed by atoms with Crippen LogP contribution in [0.5, 0.6) is 0 Å². The third-order valence-electron chi connectivity index (χ3n) is 5.48. The average molecular weight is 296 g/mol. The summed E-state index contributed by atoms with van der Waals surface area (Å²) in [5.74, 6) is -0.215. The number of hydrogen-bond acceptors (Lipinski definition) is 4. The lowest BCUT2D eigenvalue weighted by atomic mass is 9.88. The second-order valence-electron chi connectivity index (χ2n) is 7.98. The van der Waals surface area contributed by atoms with Crippen LogP contribution in [0.15, 0.2) is 0 Å². The van der Waals surface area contributed by atoms with E-state index in [0.717, 1.165) is 26.1 Å². The van der Waals surface area contributed by atoms with Crippen molar-refractivity contribution in [1.29, 1.82) is 0 Å². The zero-order valence-electron chi connectivity index (χ0n) is 14.0. The van der Waals surface area contributed by atoms with Crippen LogP contribution in [0.2, 0.25) is 0 Å². The fourth-order valence-electron chi connectivity index (χ4n) is 4.06. The molecule has 0 aromatic rings. The van der Waals surface area contributed by atoms with Crippen molar-refractivity contribution >= 4 is 0 Å². The zero-order chi connectivity index (χ0) is 14.9. The molecule has 1 N–H and O–H groups in total. The summed E-state index contributed by atoms with van der Waals surface area (Å²) >= 11 is 0. The molecule has 3 aliphatic rings. The van der Waals surface area contributed by atoms with Gasteiger partial charge in [-0.1, -0.05) is 0 Å². The average Bonchev–Trinajstić information content (AvgIpc) is 2.90. The summed E-state index contributed by atoms with van der Waals surface area (Å²) in [4.78, 5) is 2.61. The fraction of sp³-hybridized carbons (Fsp3) is 1.00. The summed E-state index contributed by atoms with van der Waals surface area (Å²) in [6, 6.07) is 1.36. The highest BCUT2D eigenvalue weighted by Gasteiger charge is 2.40. The van der Waals surface area contributed by atoms with Gasteiger partial charge in [0.05, 0.1) is 13.2 Å². The molecular weight excluding hydrogens is 264 g/mol.